The van der Waals surface area contributed by atoms with E-state index in [-0.39, 0.29) is 11.3 Å². The lowest BCUT2D eigenvalue weighted by atomic mass is 10.1. The number of nitro benzene ring substituents is 1. The Labute approximate surface area is 183 Å². The Bertz CT molecular complexity index is 1170. The van der Waals surface area contributed by atoms with E-state index in [2.05, 4.69) is 5.32 Å². The fourth-order valence-corrected chi connectivity index (χ4v) is 3.61. The molecule has 0 bridgehead atoms. The number of carbonyl (C=O) groups is 2. The van der Waals surface area contributed by atoms with E-state index in [0.717, 1.165) is 10.8 Å². The normalized spacial score (nSPS) is 13.6. The number of non-ortho nitro benzene ring substituents is 1. The summed E-state index contributed by atoms with van der Waals surface area (Å²) in [5.41, 5.74) is 0.931. The highest BCUT2D eigenvalue weighted by atomic mass is 16.6. The number of anilines is 2. The summed E-state index contributed by atoms with van der Waals surface area (Å²) in [6, 6.07) is 17.1. The summed E-state index contributed by atoms with van der Waals surface area (Å²) < 4.78 is 10.5. The average molecular weight is 435 g/mol. The SMILES string of the molecule is O=C(COC(=O)c1cc([N+](=O)[O-])ccc1N1CCOCC1)Nc1cccc2ccccc12. The molecule has 0 unspecified atom stereocenters. The zero-order valence-corrected chi connectivity index (χ0v) is 17.2. The van der Waals surface area contributed by atoms with Crippen molar-refractivity contribution in [2.24, 2.45) is 0 Å². The van der Waals surface area contributed by atoms with Crippen molar-refractivity contribution in [2.45, 2.75) is 0 Å². The van der Waals surface area contributed by atoms with Crippen LogP contribution in [0, 0.1) is 10.1 Å². The fraction of sp³-hybridized carbons (Fsp3) is 0.217. The number of hydrogen-bond acceptors (Lipinski definition) is 7. The summed E-state index contributed by atoms with van der Waals surface area (Å²) in [7, 11) is 0. The number of nitro groups is 1. The lowest BCUT2D eigenvalue weighted by Gasteiger charge is -2.30. The first-order valence-electron chi connectivity index (χ1n) is 10.1. The molecule has 1 aliphatic rings. The number of morpholine rings is 1. The Morgan fingerprint density at radius 3 is 2.59 bits per heavy atom. The van der Waals surface area contributed by atoms with Crippen molar-refractivity contribution in [1.29, 1.82) is 0 Å². The first kappa shape index (κ1) is 21.3. The van der Waals surface area contributed by atoms with Crippen LogP contribution in [-0.4, -0.2) is 49.7 Å². The number of rotatable bonds is 6. The van der Waals surface area contributed by atoms with Crippen LogP contribution in [0.2, 0.25) is 0 Å². The van der Waals surface area contributed by atoms with Gasteiger partial charge < -0.3 is 19.7 Å². The summed E-state index contributed by atoms with van der Waals surface area (Å²) >= 11 is 0. The standard InChI is InChI=1S/C23H21N3O6/c27-22(24-20-7-3-5-16-4-1-2-6-18(16)20)15-32-23(28)19-14-17(26(29)30)8-9-21(19)25-10-12-31-13-11-25/h1-9,14H,10-13,15H2,(H,24,27). The Balaban J connectivity index is 1.48. The topological polar surface area (TPSA) is 111 Å². The van der Waals surface area contributed by atoms with Crippen molar-refractivity contribution in [2.75, 3.05) is 43.1 Å². The van der Waals surface area contributed by atoms with Crippen molar-refractivity contribution in [1.82, 2.24) is 0 Å². The van der Waals surface area contributed by atoms with E-state index in [1.54, 1.807) is 6.07 Å². The number of ether oxygens (including phenoxy) is 2. The van der Waals surface area contributed by atoms with Crippen molar-refractivity contribution < 1.29 is 24.0 Å². The third-order valence-corrected chi connectivity index (χ3v) is 5.16. The van der Waals surface area contributed by atoms with Crippen LogP contribution in [0.1, 0.15) is 10.4 Å². The summed E-state index contributed by atoms with van der Waals surface area (Å²) in [6.07, 6.45) is 0. The maximum atomic E-state index is 12.8. The van der Waals surface area contributed by atoms with Crippen LogP contribution in [0.25, 0.3) is 10.8 Å². The molecule has 0 saturated carbocycles. The summed E-state index contributed by atoms with van der Waals surface area (Å²) in [6.45, 7) is 1.53. The second kappa shape index (κ2) is 9.44. The molecule has 0 aromatic heterocycles. The van der Waals surface area contributed by atoms with Crippen molar-refractivity contribution in [3.05, 3.63) is 76.3 Å². The molecule has 9 heteroatoms. The highest BCUT2D eigenvalue weighted by Gasteiger charge is 2.23. The van der Waals surface area contributed by atoms with Gasteiger partial charge >= 0.3 is 5.97 Å². The van der Waals surface area contributed by atoms with Crippen molar-refractivity contribution in [3.8, 4) is 0 Å². The molecule has 9 nitrogen and oxygen atoms in total. The number of benzene rings is 3. The molecule has 3 aromatic rings. The molecule has 164 valence electrons. The summed E-state index contributed by atoms with van der Waals surface area (Å²) in [5.74, 6) is -1.31. The molecule has 0 radical (unpaired) electrons. The first-order chi connectivity index (χ1) is 15.5. The van der Waals surface area contributed by atoms with Gasteiger partial charge in [-0.15, -0.1) is 0 Å². The monoisotopic (exact) mass is 435 g/mol. The maximum Gasteiger partial charge on any atom is 0.341 e. The molecule has 1 fully saturated rings. The summed E-state index contributed by atoms with van der Waals surface area (Å²) in [5, 5.41) is 15.8. The predicted molar refractivity (Wildman–Crippen MR) is 119 cm³/mol. The summed E-state index contributed by atoms with van der Waals surface area (Å²) in [4.78, 5) is 37.7. The molecule has 4 rings (SSSR count). The second-order valence-electron chi connectivity index (χ2n) is 7.21. The number of fused-ring (bicyclic) bond motifs is 1. The zero-order chi connectivity index (χ0) is 22.5. The molecular weight excluding hydrogens is 414 g/mol. The molecule has 0 aliphatic carbocycles. The average Bonchev–Trinajstić information content (AvgIpc) is 2.83. The maximum absolute atomic E-state index is 12.8. The Morgan fingerprint density at radius 1 is 1.06 bits per heavy atom. The quantitative estimate of drug-likeness (QED) is 0.359. The van der Waals surface area contributed by atoms with Crippen LogP contribution in [0.5, 0.6) is 0 Å². The number of nitrogens with zero attached hydrogens (tertiary/aromatic N) is 2. The van der Waals surface area contributed by atoms with Gasteiger partial charge in [-0.1, -0.05) is 36.4 Å². The zero-order valence-electron chi connectivity index (χ0n) is 17.2. The van der Waals surface area contributed by atoms with Gasteiger partial charge in [0.15, 0.2) is 6.61 Å². The number of carbonyl (C=O) groups excluding carboxylic acids is 2. The molecule has 1 N–H and O–H groups in total. The van der Waals surface area contributed by atoms with Gasteiger partial charge in [0, 0.05) is 36.3 Å². The minimum Gasteiger partial charge on any atom is -0.452 e. The van der Waals surface area contributed by atoms with Gasteiger partial charge in [0.1, 0.15) is 0 Å². The van der Waals surface area contributed by atoms with Gasteiger partial charge in [-0.2, -0.15) is 0 Å². The molecule has 32 heavy (non-hydrogen) atoms. The molecule has 1 saturated heterocycles. The predicted octanol–water partition coefficient (Wildman–Crippen LogP) is 3.38. The lowest BCUT2D eigenvalue weighted by molar-refractivity contribution is -0.384. The van der Waals surface area contributed by atoms with Crippen LogP contribution >= 0.6 is 0 Å². The second-order valence-corrected chi connectivity index (χ2v) is 7.21. The molecule has 3 aromatic carbocycles. The Hall–Kier alpha value is -3.98. The molecular formula is C23H21N3O6. The minimum absolute atomic E-state index is 0.0408. The van der Waals surface area contributed by atoms with Crippen LogP contribution in [0.4, 0.5) is 17.1 Å². The molecule has 1 heterocycles. The van der Waals surface area contributed by atoms with E-state index < -0.39 is 23.4 Å². The van der Waals surface area contributed by atoms with Crippen LogP contribution < -0.4 is 10.2 Å². The van der Waals surface area contributed by atoms with Crippen molar-refractivity contribution >= 4 is 39.7 Å². The number of esters is 1. The third-order valence-electron chi connectivity index (χ3n) is 5.16. The third kappa shape index (κ3) is 4.68. The minimum atomic E-state index is -0.803. The van der Waals surface area contributed by atoms with E-state index in [4.69, 9.17) is 9.47 Å². The number of hydrogen-bond donors (Lipinski definition) is 1. The smallest absolute Gasteiger partial charge is 0.341 e. The molecule has 0 atom stereocenters. The highest BCUT2D eigenvalue weighted by molar-refractivity contribution is 6.04. The van der Waals surface area contributed by atoms with E-state index in [9.17, 15) is 19.7 Å². The van der Waals surface area contributed by atoms with Crippen molar-refractivity contribution in [3.63, 3.8) is 0 Å². The number of nitrogens with one attached hydrogen (secondary N) is 1. The molecule has 1 aliphatic heterocycles. The van der Waals surface area contributed by atoms with Crippen LogP contribution in [0.15, 0.2) is 60.7 Å². The van der Waals surface area contributed by atoms with E-state index in [0.29, 0.717) is 37.7 Å². The first-order valence-corrected chi connectivity index (χ1v) is 10.1. The van der Waals surface area contributed by atoms with E-state index in [1.807, 2.05) is 41.3 Å². The van der Waals surface area contributed by atoms with Gasteiger partial charge in [0.25, 0.3) is 11.6 Å². The van der Waals surface area contributed by atoms with E-state index >= 15 is 0 Å². The van der Waals surface area contributed by atoms with Crippen LogP contribution in [-0.2, 0) is 14.3 Å². The Kier molecular flexibility index (Phi) is 6.27. The Morgan fingerprint density at radius 2 is 1.81 bits per heavy atom. The van der Waals surface area contributed by atoms with E-state index in [1.165, 1.54) is 18.2 Å². The lowest BCUT2D eigenvalue weighted by Crippen LogP contribution is -2.37. The largest absolute Gasteiger partial charge is 0.452 e. The van der Waals surface area contributed by atoms with Gasteiger partial charge in [-0.05, 0) is 17.5 Å². The number of amides is 1. The van der Waals surface area contributed by atoms with Gasteiger partial charge in [0.2, 0.25) is 0 Å². The fourth-order valence-electron chi connectivity index (χ4n) is 3.61. The van der Waals surface area contributed by atoms with Gasteiger partial charge in [-0.25, -0.2) is 4.79 Å². The van der Waals surface area contributed by atoms with Gasteiger partial charge in [0.05, 0.1) is 29.4 Å². The van der Waals surface area contributed by atoms with Gasteiger partial charge in [-0.3, -0.25) is 14.9 Å². The van der Waals surface area contributed by atoms with Crippen LogP contribution in [0.3, 0.4) is 0 Å². The highest BCUT2D eigenvalue weighted by Crippen LogP contribution is 2.27. The molecule has 0 spiro atoms. The molecule has 1 amide bonds.